The van der Waals surface area contributed by atoms with E-state index in [0.29, 0.717) is 5.52 Å². The van der Waals surface area contributed by atoms with Crippen LogP contribution in [0.4, 0.5) is 18.9 Å². The molecular weight excluding hydrogens is 297 g/mol. The Hall–Kier alpha value is -2.77. The van der Waals surface area contributed by atoms with Gasteiger partial charge in [0.1, 0.15) is 12.2 Å². The van der Waals surface area contributed by atoms with Crippen LogP contribution in [-0.2, 0) is 6.67 Å². The van der Waals surface area contributed by atoms with E-state index >= 15 is 0 Å². The number of halogens is 3. The van der Waals surface area contributed by atoms with Crippen molar-refractivity contribution in [3.63, 3.8) is 0 Å². The predicted octanol–water partition coefficient (Wildman–Crippen LogP) is 3.40. The number of fused-ring (bicyclic) bond motifs is 1. The molecule has 3 rings (SSSR count). The monoisotopic (exact) mass is 308 g/mol. The van der Waals surface area contributed by atoms with Crippen molar-refractivity contribution in [1.82, 2.24) is 15.0 Å². The van der Waals surface area contributed by atoms with Crippen LogP contribution in [0.2, 0.25) is 0 Å². The van der Waals surface area contributed by atoms with Gasteiger partial charge < -0.3 is 10.1 Å². The van der Waals surface area contributed by atoms with E-state index in [2.05, 4.69) is 20.4 Å². The van der Waals surface area contributed by atoms with Crippen molar-refractivity contribution in [1.29, 1.82) is 0 Å². The van der Waals surface area contributed by atoms with E-state index < -0.39 is 6.36 Å². The maximum Gasteiger partial charge on any atom is 0.573 e. The molecule has 22 heavy (non-hydrogen) atoms. The Balaban J connectivity index is 1.79. The van der Waals surface area contributed by atoms with E-state index in [-0.39, 0.29) is 18.1 Å². The highest BCUT2D eigenvalue weighted by molar-refractivity contribution is 5.73. The van der Waals surface area contributed by atoms with Gasteiger partial charge in [-0.25, -0.2) is 4.68 Å². The average molecular weight is 308 g/mol. The first-order valence-electron chi connectivity index (χ1n) is 6.40. The standard InChI is InChI=1S/C14H11F3N4O/c15-14(16,17)22-13-8-4-2-6-11(13)18-9-21-12-7-3-1-5-10(12)19-20-21/h1-8,18H,9H2. The molecular formula is C14H11F3N4O. The summed E-state index contributed by atoms with van der Waals surface area (Å²) < 4.78 is 42.6. The van der Waals surface area contributed by atoms with Crippen LogP contribution >= 0.6 is 0 Å². The number of nitrogens with one attached hydrogen (secondary N) is 1. The van der Waals surface area contributed by atoms with Gasteiger partial charge >= 0.3 is 6.36 Å². The molecule has 0 fully saturated rings. The van der Waals surface area contributed by atoms with Gasteiger partial charge in [0.15, 0.2) is 5.75 Å². The Morgan fingerprint density at radius 3 is 2.59 bits per heavy atom. The summed E-state index contributed by atoms with van der Waals surface area (Å²) in [6.45, 7) is 0.165. The number of hydrogen-bond acceptors (Lipinski definition) is 4. The number of benzene rings is 2. The smallest absolute Gasteiger partial charge is 0.404 e. The molecule has 0 radical (unpaired) electrons. The van der Waals surface area contributed by atoms with Crippen LogP contribution in [0.15, 0.2) is 48.5 Å². The Morgan fingerprint density at radius 1 is 1.05 bits per heavy atom. The van der Waals surface area contributed by atoms with Crippen LogP contribution in [0, 0.1) is 0 Å². The molecule has 0 atom stereocenters. The second-order valence-electron chi connectivity index (χ2n) is 4.46. The molecule has 0 aliphatic rings. The minimum absolute atomic E-state index is 0.165. The number of alkyl halides is 3. The normalized spacial score (nSPS) is 11.6. The molecule has 0 aliphatic heterocycles. The Kier molecular flexibility index (Phi) is 3.58. The first-order valence-corrected chi connectivity index (χ1v) is 6.40. The quantitative estimate of drug-likeness (QED) is 0.802. The van der Waals surface area contributed by atoms with E-state index in [1.807, 2.05) is 18.2 Å². The molecule has 2 aromatic carbocycles. The zero-order chi connectivity index (χ0) is 15.6. The predicted molar refractivity (Wildman–Crippen MR) is 74.3 cm³/mol. The van der Waals surface area contributed by atoms with Crippen LogP contribution in [0.3, 0.4) is 0 Å². The molecule has 0 saturated heterocycles. The Labute approximate surface area is 123 Å². The zero-order valence-electron chi connectivity index (χ0n) is 11.2. The lowest BCUT2D eigenvalue weighted by Crippen LogP contribution is -2.18. The summed E-state index contributed by atoms with van der Waals surface area (Å²) in [4.78, 5) is 0. The topological polar surface area (TPSA) is 52.0 Å². The maximum absolute atomic E-state index is 12.4. The lowest BCUT2D eigenvalue weighted by molar-refractivity contribution is -0.274. The Morgan fingerprint density at radius 2 is 1.77 bits per heavy atom. The number of ether oxygens (including phenoxy) is 1. The minimum Gasteiger partial charge on any atom is -0.404 e. The highest BCUT2D eigenvalue weighted by Crippen LogP contribution is 2.30. The van der Waals surface area contributed by atoms with Gasteiger partial charge in [0, 0.05) is 0 Å². The summed E-state index contributed by atoms with van der Waals surface area (Å²) >= 11 is 0. The molecule has 0 unspecified atom stereocenters. The maximum atomic E-state index is 12.4. The van der Waals surface area contributed by atoms with E-state index in [4.69, 9.17) is 0 Å². The molecule has 0 bridgehead atoms. The molecule has 5 nitrogen and oxygen atoms in total. The summed E-state index contributed by atoms with van der Waals surface area (Å²) in [5.41, 5.74) is 1.72. The van der Waals surface area contributed by atoms with Crippen LogP contribution < -0.4 is 10.1 Å². The summed E-state index contributed by atoms with van der Waals surface area (Å²) in [7, 11) is 0. The van der Waals surface area contributed by atoms with Crippen molar-refractivity contribution in [3.05, 3.63) is 48.5 Å². The molecule has 0 spiro atoms. The number of anilines is 1. The van der Waals surface area contributed by atoms with Gasteiger partial charge in [-0.1, -0.05) is 29.5 Å². The Bertz CT molecular complexity index is 785. The summed E-state index contributed by atoms with van der Waals surface area (Å²) in [6, 6.07) is 13.1. The van der Waals surface area contributed by atoms with Gasteiger partial charge in [-0.15, -0.1) is 18.3 Å². The van der Waals surface area contributed by atoms with Crippen molar-refractivity contribution < 1.29 is 17.9 Å². The number of rotatable bonds is 4. The molecule has 1 heterocycles. The first-order chi connectivity index (χ1) is 10.5. The van der Waals surface area contributed by atoms with Gasteiger partial charge in [0.2, 0.25) is 0 Å². The van der Waals surface area contributed by atoms with Gasteiger partial charge in [-0.3, -0.25) is 0 Å². The van der Waals surface area contributed by atoms with Crippen LogP contribution in [0.1, 0.15) is 0 Å². The van der Waals surface area contributed by atoms with Crippen molar-refractivity contribution in [2.45, 2.75) is 13.0 Å². The van der Waals surface area contributed by atoms with Gasteiger partial charge in [0.25, 0.3) is 0 Å². The SMILES string of the molecule is FC(F)(F)Oc1ccccc1NCn1nnc2ccccc21. The molecule has 8 heteroatoms. The lowest BCUT2D eigenvalue weighted by atomic mass is 10.3. The van der Waals surface area contributed by atoms with Crippen LogP contribution in [-0.4, -0.2) is 21.4 Å². The second-order valence-corrected chi connectivity index (χ2v) is 4.46. The molecule has 1 aromatic heterocycles. The fourth-order valence-electron chi connectivity index (χ4n) is 2.02. The van der Waals surface area contributed by atoms with E-state index in [0.717, 1.165) is 5.52 Å². The summed E-state index contributed by atoms with van der Waals surface area (Å²) in [5, 5.41) is 10.8. The number of hydrogen-bond donors (Lipinski definition) is 1. The van der Waals surface area contributed by atoms with Crippen molar-refractivity contribution in [2.24, 2.45) is 0 Å². The molecule has 0 saturated carbocycles. The molecule has 0 amide bonds. The first kappa shape index (κ1) is 14.2. The number of para-hydroxylation sites is 3. The van der Waals surface area contributed by atoms with Gasteiger partial charge in [0.05, 0.1) is 11.2 Å². The number of nitrogens with zero attached hydrogens (tertiary/aromatic N) is 3. The highest BCUT2D eigenvalue weighted by Gasteiger charge is 2.32. The summed E-state index contributed by atoms with van der Waals surface area (Å²) in [6.07, 6.45) is -4.74. The number of aromatic nitrogens is 3. The zero-order valence-corrected chi connectivity index (χ0v) is 11.2. The minimum atomic E-state index is -4.74. The van der Waals surface area contributed by atoms with E-state index in [9.17, 15) is 13.2 Å². The van der Waals surface area contributed by atoms with E-state index in [1.165, 1.54) is 18.2 Å². The van der Waals surface area contributed by atoms with Crippen LogP contribution in [0.5, 0.6) is 5.75 Å². The molecule has 114 valence electrons. The molecule has 1 N–H and O–H groups in total. The third kappa shape index (κ3) is 3.11. The fraction of sp³-hybridized carbons (Fsp3) is 0.143. The third-order valence-electron chi connectivity index (χ3n) is 2.95. The van der Waals surface area contributed by atoms with Crippen molar-refractivity contribution in [3.8, 4) is 5.75 Å². The van der Waals surface area contributed by atoms with Crippen molar-refractivity contribution in [2.75, 3.05) is 5.32 Å². The molecule has 0 aliphatic carbocycles. The summed E-state index contributed by atoms with van der Waals surface area (Å²) in [5.74, 6) is -0.292. The van der Waals surface area contributed by atoms with Crippen molar-refractivity contribution >= 4 is 16.7 Å². The van der Waals surface area contributed by atoms with Crippen LogP contribution in [0.25, 0.3) is 11.0 Å². The largest absolute Gasteiger partial charge is 0.573 e. The van der Waals surface area contributed by atoms with Gasteiger partial charge in [-0.2, -0.15) is 0 Å². The molecule has 3 aromatic rings. The highest BCUT2D eigenvalue weighted by atomic mass is 19.4. The third-order valence-corrected chi connectivity index (χ3v) is 2.95. The average Bonchev–Trinajstić information content (AvgIpc) is 2.88. The fourth-order valence-corrected chi connectivity index (χ4v) is 2.02. The lowest BCUT2D eigenvalue weighted by Gasteiger charge is -2.14. The van der Waals surface area contributed by atoms with Gasteiger partial charge in [-0.05, 0) is 24.3 Å². The van der Waals surface area contributed by atoms with E-state index in [1.54, 1.807) is 16.8 Å². The second kappa shape index (κ2) is 5.55.